The minimum atomic E-state index is 0. The number of rotatable bonds is 5. The molecule has 0 N–H and O–H groups in total. The van der Waals surface area contributed by atoms with Crippen LogP contribution in [0.4, 0.5) is 0 Å². The molecule has 0 fully saturated rings. The molecule has 0 amide bonds. The third-order valence-electron chi connectivity index (χ3n) is 9.27. The van der Waals surface area contributed by atoms with Crippen molar-refractivity contribution in [3.8, 4) is 56.2 Å². The first-order valence-corrected chi connectivity index (χ1v) is 18.5. The largest absolute Gasteiger partial charge is 3.00 e. The number of hydrogen-bond donors (Lipinski definition) is 0. The van der Waals surface area contributed by atoms with Gasteiger partial charge in [-0.05, 0) is 91.6 Å². The number of halogens is 1. The molecule has 0 radical (unpaired) electrons. The number of aromatic nitrogens is 4. The van der Waals surface area contributed by atoms with Gasteiger partial charge in [0.05, 0.1) is 11.4 Å². The topological polar surface area (TPSA) is 51.6 Å². The summed E-state index contributed by atoms with van der Waals surface area (Å²) in [7, 11) is 0. The fourth-order valence-corrected chi connectivity index (χ4v) is 6.51. The average molecular weight is 945 g/mol. The quantitative estimate of drug-likeness (QED) is 0.161. The Morgan fingerprint density at radius 2 is 0.707 bits per heavy atom. The van der Waals surface area contributed by atoms with Crippen molar-refractivity contribution in [3.05, 3.63) is 231 Å². The van der Waals surface area contributed by atoms with Crippen LogP contribution in [0, 0.1) is 12.1 Å². The Bertz CT molecular complexity index is 2600. The van der Waals surface area contributed by atoms with Gasteiger partial charge in [-0.15, -0.1) is 71.8 Å². The first-order chi connectivity index (χ1) is 27.8. The summed E-state index contributed by atoms with van der Waals surface area (Å²) in [6, 6.07) is 71.8. The molecular formula is C52H36ClIrN4. The monoisotopic (exact) mass is 944 g/mol. The Morgan fingerprint density at radius 1 is 0.328 bits per heavy atom. The second-order valence-corrected chi connectivity index (χ2v) is 12.9. The molecule has 0 saturated carbocycles. The summed E-state index contributed by atoms with van der Waals surface area (Å²) >= 11 is 0. The van der Waals surface area contributed by atoms with E-state index >= 15 is 0 Å². The van der Waals surface area contributed by atoms with E-state index in [1.54, 1.807) is 0 Å². The maximum atomic E-state index is 4.51. The van der Waals surface area contributed by atoms with Gasteiger partial charge in [-0.2, -0.15) is 0 Å². The van der Waals surface area contributed by atoms with Crippen LogP contribution in [0.25, 0.3) is 77.7 Å². The molecule has 4 aromatic heterocycles. The third-order valence-corrected chi connectivity index (χ3v) is 9.27. The van der Waals surface area contributed by atoms with Gasteiger partial charge >= 0.3 is 20.1 Å². The number of pyridine rings is 4. The Labute approximate surface area is 359 Å². The number of benzene rings is 6. The molecule has 0 spiro atoms. The van der Waals surface area contributed by atoms with Crippen molar-refractivity contribution in [1.82, 2.24) is 19.9 Å². The Balaban J connectivity index is 0.000000149. The van der Waals surface area contributed by atoms with E-state index in [1.165, 1.54) is 32.7 Å². The standard InChI is InChI=1S/C22H16N2.2C15H10N.ClH.Ir/c1-3-7-17(8-4-1)19-11-13-23-21(15-19)22-16-20(12-14-24-22)18-9-5-2-6-10-18;2*1-2-7-13(8-3-1)15-14-9-5-4-6-12(14)10-11-16-15;;/h1-16H;2*1-7,9-11H;1H;/q;2*-1;;+3/p-1. The van der Waals surface area contributed by atoms with Crippen molar-refractivity contribution in [2.45, 2.75) is 0 Å². The van der Waals surface area contributed by atoms with Gasteiger partial charge in [-0.25, -0.2) is 0 Å². The van der Waals surface area contributed by atoms with E-state index in [-0.39, 0.29) is 32.5 Å². The van der Waals surface area contributed by atoms with E-state index in [2.05, 4.69) is 92.7 Å². The third kappa shape index (κ3) is 10.0. The molecule has 6 aromatic carbocycles. The molecule has 58 heavy (non-hydrogen) atoms. The van der Waals surface area contributed by atoms with E-state index in [9.17, 15) is 0 Å². The van der Waals surface area contributed by atoms with Gasteiger partial charge in [0, 0.05) is 24.8 Å². The van der Waals surface area contributed by atoms with E-state index in [4.69, 9.17) is 0 Å². The van der Waals surface area contributed by atoms with Gasteiger partial charge in [0.1, 0.15) is 0 Å². The van der Waals surface area contributed by atoms with Gasteiger partial charge < -0.3 is 22.4 Å². The van der Waals surface area contributed by atoms with Gasteiger partial charge in [-0.1, -0.05) is 109 Å². The van der Waals surface area contributed by atoms with Gasteiger partial charge in [0.15, 0.2) is 0 Å². The van der Waals surface area contributed by atoms with Crippen molar-refractivity contribution in [2.24, 2.45) is 0 Å². The van der Waals surface area contributed by atoms with Crippen molar-refractivity contribution in [2.75, 3.05) is 0 Å². The summed E-state index contributed by atoms with van der Waals surface area (Å²) in [5, 5.41) is 4.77. The van der Waals surface area contributed by atoms with E-state index < -0.39 is 0 Å². The van der Waals surface area contributed by atoms with Crippen LogP contribution in [-0.4, -0.2) is 19.9 Å². The van der Waals surface area contributed by atoms with Crippen LogP contribution in [-0.2, 0) is 20.1 Å². The van der Waals surface area contributed by atoms with Crippen LogP contribution in [0.2, 0.25) is 0 Å². The SMILES string of the molecule is [Cl-].[Ir+3].[c-]1ccccc1-c1nccc2ccccc12.[c-]1ccccc1-c1nccc2ccccc12.c1ccc(-c2ccnc(-c3cc(-c4ccccc4)ccn3)c2)cc1. The molecule has 10 rings (SSSR count). The molecule has 0 unspecified atom stereocenters. The van der Waals surface area contributed by atoms with Crippen molar-refractivity contribution in [1.29, 1.82) is 0 Å². The van der Waals surface area contributed by atoms with E-state index in [0.717, 1.165) is 45.0 Å². The fourth-order valence-electron chi connectivity index (χ4n) is 6.51. The average Bonchev–Trinajstić information content (AvgIpc) is 3.30. The second-order valence-electron chi connectivity index (χ2n) is 12.9. The van der Waals surface area contributed by atoms with Crippen LogP contribution in [0.1, 0.15) is 0 Å². The molecular weight excluding hydrogens is 908 g/mol. The van der Waals surface area contributed by atoms with Gasteiger partial charge in [0.2, 0.25) is 0 Å². The molecule has 6 heteroatoms. The Hall–Kier alpha value is -6.62. The summed E-state index contributed by atoms with van der Waals surface area (Å²) in [6.07, 6.45) is 7.38. The first kappa shape index (κ1) is 41.0. The van der Waals surface area contributed by atoms with Gasteiger partial charge in [-0.3, -0.25) is 9.97 Å². The summed E-state index contributed by atoms with van der Waals surface area (Å²) in [5.41, 5.74) is 10.5. The predicted octanol–water partition coefficient (Wildman–Crippen LogP) is 9.88. The normalized spacial score (nSPS) is 10.1. The van der Waals surface area contributed by atoms with Gasteiger partial charge in [0.25, 0.3) is 0 Å². The molecule has 0 atom stereocenters. The fraction of sp³-hybridized carbons (Fsp3) is 0. The molecule has 4 nitrogen and oxygen atoms in total. The summed E-state index contributed by atoms with van der Waals surface area (Å²) in [6.45, 7) is 0. The maximum Gasteiger partial charge on any atom is 3.00 e. The summed E-state index contributed by atoms with van der Waals surface area (Å²) in [4.78, 5) is 17.9. The minimum Gasteiger partial charge on any atom is -1.00 e. The van der Waals surface area contributed by atoms with E-state index in [1.807, 2.05) is 158 Å². The molecule has 280 valence electrons. The molecule has 0 aliphatic heterocycles. The maximum absolute atomic E-state index is 4.51. The molecule has 0 bridgehead atoms. The van der Waals surface area contributed by atoms with Crippen LogP contribution in [0.5, 0.6) is 0 Å². The zero-order valence-electron chi connectivity index (χ0n) is 31.3. The molecule has 0 saturated heterocycles. The molecule has 4 heterocycles. The van der Waals surface area contributed by atoms with E-state index in [0.29, 0.717) is 0 Å². The van der Waals surface area contributed by atoms with Crippen molar-refractivity contribution >= 4 is 21.5 Å². The van der Waals surface area contributed by atoms with Crippen molar-refractivity contribution < 1.29 is 32.5 Å². The zero-order valence-corrected chi connectivity index (χ0v) is 34.4. The Kier molecular flexibility index (Phi) is 14.5. The van der Waals surface area contributed by atoms with Crippen LogP contribution >= 0.6 is 0 Å². The van der Waals surface area contributed by atoms with Crippen LogP contribution < -0.4 is 12.4 Å². The Morgan fingerprint density at radius 3 is 1.12 bits per heavy atom. The number of hydrogen-bond acceptors (Lipinski definition) is 4. The summed E-state index contributed by atoms with van der Waals surface area (Å²) in [5.74, 6) is 0. The molecule has 0 aliphatic carbocycles. The summed E-state index contributed by atoms with van der Waals surface area (Å²) < 4.78 is 0. The van der Waals surface area contributed by atoms with Crippen molar-refractivity contribution in [3.63, 3.8) is 0 Å². The molecule has 10 aromatic rings. The van der Waals surface area contributed by atoms with Crippen LogP contribution in [0.15, 0.2) is 219 Å². The number of nitrogens with zero attached hydrogens (tertiary/aromatic N) is 4. The first-order valence-electron chi connectivity index (χ1n) is 18.5. The van der Waals surface area contributed by atoms with Crippen LogP contribution in [0.3, 0.4) is 0 Å². The second kappa shape index (κ2) is 20.5. The predicted molar refractivity (Wildman–Crippen MR) is 230 cm³/mol. The smallest absolute Gasteiger partial charge is 1.00 e. The zero-order chi connectivity index (χ0) is 37.8. The molecule has 0 aliphatic rings. The minimum absolute atomic E-state index is 0. The number of fused-ring (bicyclic) bond motifs is 2.